The van der Waals surface area contributed by atoms with E-state index in [1.165, 1.54) is 0 Å². The molecule has 1 amide bonds. The van der Waals surface area contributed by atoms with Crippen molar-refractivity contribution in [1.29, 1.82) is 0 Å². The van der Waals surface area contributed by atoms with Gasteiger partial charge in [0.05, 0.1) is 6.61 Å². The maximum absolute atomic E-state index is 11.1. The summed E-state index contributed by atoms with van der Waals surface area (Å²) in [4.78, 5) is 19.4. The van der Waals surface area contributed by atoms with Crippen LogP contribution in [0, 0.1) is 0 Å². The van der Waals surface area contributed by atoms with Gasteiger partial charge >= 0.3 is 0 Å². The van der Waals surface area contributed by atoms with Crippen LogP contribution in [0.15, 0.2) is 24.7 Å². The molecule has 0 spiro atoms. The van der Waals surface area contributed by atoms with Crippen molar-refractivity contribution in [3.8, 4) is 11.6 Å². The van der Waals surface area contributed by atoms with Crippen LogP contribution in [0.1, 0.15) is 16.2 Å². The van der Waals surface area contributed by atoms with E-state index in [1.807, 2.05) is 4.57 Å². The maximum atomic E-state index is 11.1. The Morgan fingerprint density at radius 1 is 1.47 bits per heavy atom. The molecule has 6 nitrogen and oxygen atoms in total. The van der Waals surface area contributed by atoms with Gasteiger partial charge in [-0.2, -0.15) is 0 Å². The predicted octanol–water partition coefficient (Wildman–Crippen LogP) is 0.301. The number of ether oxygens (including phenoxy) is 1. The minimum atomic E-state index is -0.557. The van der Waals surface area contributed by atoms with Crippen molar-refractivity contribution in [1.82, 2.24) is 14.5 Å². The number of primary amides is 1. The van der Waals surface area contributed by atoms with Crippen LogP contribution in [0.4, 0.5) is 0 Å². The van der Waals surface area contributed by atoms with E-state index in [4.69, 9.17) is 10.5 Å². The fourth-order valence-electron chi connectivity index (χ4n) is 1.82. The highest BCUT2D eigenvalue weighted by molar-refractivity contribution is 5.91. The van der Waals surface area contributed by atoms with Crippen molar-refractivity contribution in [2.75, 3.05) is 6.61 Å². The molecule has 0 fully saturated rings. The molecule has 0 unspecified atom stereocenters. The molecule has 17 heavy (non-hydrogen) atoms. The fraction of sp³-hybridized carbons (Fsp3) is 0.182. The summed E-state index contributed by atoms with van der Waals surface area (Å²) in [6.07, 6.45) is 4.17. The fourth-order valence-corrected chi connectivity index (χ4v) is 1.82. The molecule has 1 aliphatic rings. The number of hydrogen-bond acceptors (Lipinski definition) is 4. The number of pyridine rings is 1. The lowest BCUT2D eigenvalue weighted by Crippen LogP contribution is -2.14. The Hall–Kier alpha value is -2.37. The van der Waals surface area contributed by atoms with Crippen molar-refractivity contribution < 1.29 is 9.53 Å². The van der Waals surface area contributed by atoms with Crippen LogP contribution in [0.3, 0.4) is 0 Å². The van der Waals surface area contributed by atoms with Crippen molar-refractivity contribution in [3.63, 3.8) is 0 Å². The predicted molar refractivity (Wildman–Crippen MR) is 59.1 cm³/mol. The molecule has 0 aliphatic carbocycles. The van der Waals surface area contributed by atoms with Gasteiger partial charge in [-0.3, -0.25) is 9.36 Å². The molecule has 1 aliphatic heterocycles. The molecule has 0 saturated carbocycles. The Labute approximate surface area is 97.1 Å². The number of imidazole rings is 1. The van der Waals surface area contributed by atoms with Gasteiger partial charge in [-0.15, -0.1) is 0 Å². The molecule has 0 radical (unpaired) electrons. The summed E-state index contributed by atoms with van der Waals surface area (Å²) in [5.41, 5.74) is 6.43. The zero-order valence-corrected chi connectivity index (χ0v) is 8.96. The second-order valence-corrected chi connectivity index (χ2v) is 3.74. The van der Waals surface area contributed by atoms with Gasteiger partial charge in [0.15, 0.2) is 11.6 Å². The summed E-state index contributed by atoms with van der Waals surface area (Å²) >= 11 is 0. The van der Waals surface area contributed by atoms with Gasteiger partial charge in [0.1, 0.15) is 12.0 Å². The SMILES string of the molecule is NC(=O)c1ccc2c(n1)-n1cncc1CCO2. The zero-order valence-electron chi connectivity index (χ0n) is 8.96. The van der Waals surface area contributed by atoms with Crippen molar-refractivity contribution in [2.45, 2.75) is 6.42 Å². The lowest BCUT2D eigenvalue weighted by molar-refractivity contribution is 0.0995. The highest BCUT2D eigenvalue weighted by Gasteiger charge is 2.17. The van der Waals surface area contributed by atoms with Crippen molar-refractivity contribution >= 4 is 5.91 Å². The van der Waals surface area contributed by atoms with Gasteiger partial charge in [-0.05, 0) is 12.1 Å². The van der Waals surface area contributed by atoms with Crippen molar-refractivity contribution in [3.05, 3.63) is 36.0 Å². The number of rotatable bonds is 1. The van der Waals surface area contributed by atoms with Gasteiger partial charge in [0, 0.05) is 18.3 Å². The molecule has 0 atom stereocenters. The number of carbonyl (C=O) groups is 1. The van der Waals surface area contributed by atoms with E-state index in [9.17, 15) is 4.79 Å². The Balaban J connectivity index is 2.22. The molecule has 3 heterocycles. The Kier molecular flexibility index (Phi) is 2.07. The number of carbonyl (C=O) groups excluding carboxylic acids is 1. The average Bonchev–Trinajstić information content (AvgIpc) is 2.71. The molecule has 86 valence electrons. The lowest BCUT2D eigenvalue weighted by atomic mass is 10.3. The summed E-state index contributed by atoms with van der Waals surface area (Å²) in [6, 6.07) is 3.26. The first-order chi connectivity index (χ1) is 8.25. The summed E-state index contributed by atoms with van der Waals surface area (Å²) in [6.45, 7) is 0.566. The minimum Gasteiger partial charge on any atom is -0.489 e. The Morgan fingerprint density at radius 3 is 3.18 bits per heavy atom. The highest BCUT2D eigenvalue weighted by Crippen LogP contribution is 2.25. The monoisotopic (exact) mass is 230 g/mol. The van der Waals surface area contributed by atoms with Crippen LogP contribution < -0.4 is 10.5 Å². The number of aromatic nitrogens is 3. The van der Waals surface area contributed by atoms with Gasteiger partial charge < -0.3 is 10.5 Å². The normalized spacial score (nSPS) is 13.2. The molecule has 2 aromatic heterocycles. The number of hydrogen-bond donors (Lipinski definition) is 1. The second kappa shape index (κ2) is 3.58. The third-order valence-corrected chi connectivity index (χ3v) is 2.65. The molecule has 3 rings (SSSR count). The molecule has 0 bridgehead atoms. The topological polar surface area (TPSA) is 83.0 Å². The van der Waals surface area contributed by atoms with Crippen LogP contribution in [-0.2, 0) is 6.42 Å². The van der Waals surface area contributed by atoms with E-state index in [-0.39, 0.29) is 5.69 Å². The van der Waals surface area contributed by atoms with E-state index in [0.717, 1.165) is 12.1 Å². The Morgan fingerprint density at radius 2 is 2.35 bits per heavy atom. The summed E-state index contributed by atoms with van der Waals surface area (Å²) in [5, 5.41) is 0. The highest BCUT2D eigenvalue weighted by atomic mass is 16.5. The molecule has 6 heteroatoms. The summed E-state index contributed by atoms with van der Waals surface area (Å²) in [5.74, 6) is 0.636. The molecule has 2 aromatic rings. The molecule has 2 N–H and O–H groups in total. The van der Waals surface area contributed by atoms with Crippen LogP contribution >= 0.6 is 0 Å². The van der Waals surface area contributed by atoms with Crippen LogP contribution in [0.2, 0.25) is 0 Å². The number of fused-ring (bicyclic) bond motifs is 3. The van der Waals surface area contributed by atoms with E-state index in [1.54, 1.807) is 24.7 Å². The zero-order chi connectivity index (χ0) is 11.8. The first kappa shape index (κ1) is 9.83. The Bertz CT molecular complexity index is 591. The largest absolute Gasteiger partial charge is 0.489 e. The first-order valence-electron chi connectivity index (χ1n) is 5.21. The standard InChI is InChI=1S/C11H10N4O2/c12-10(16)8-1-2-9-11(14-8)15-6-13-5-7(15)3-4-17-9/h1-2,5-6H,3-4H2,(H2,12,16). The van der Waals surface area contributed by atoms with Gasteiger partial charge in [0.2, 0.25) is 0 Å². The van der Waals surface area contributed by atoms with Crippen LogP contribution in [-0.4, -0.2) is 27.0 Å². The number of nitrogens with two attached hydrogens (primary N) is 1. The van der Waals surface area contributed by atoms with E-state index in [0.29, 0.717) is 18.2 Å². The minimum absolute atomic E-state index is 0.217. The average molecular weight is 230 g/mol. The maximum Gasteiger partial charge on any atom is 0.267 e. The van der Waals surface area contributed by atoms with Crippen molar-refractivity contribution in [2.24, 2.45) is 5.73 Å². The smallest absolute Gasteiger partial charge is 0.267 e. The third kappa shape index (κ3) is 1.54. The van der Waals surface area contributed by atoms with Gasteiger partial charge in [0.25, 0.3) is 5.91 Å². The van der Waals surface area contributed by atoms with Crippen LogP contribution in [0.5, 0.6) is 5.75 Å². The molecular weight excluding hydrogens is 220 g/mol. The number of amides is 1. The number of nitrogens with zero attached hydrogens (tertiary/aromatic N) is 3. The second-order valence-electron chi connectivity index (χ2n) is 3.74. The van der Waals surface area contributed by atoms with E-state index in [2.05, 4.69) is 9.97 Å². The van der Waals surface area contributed by atoms with Crippen LogP contribution in [0.25, 0.3) is 5.82 Å². The van der Waals surface area contributed by atoms with E-state index < -0.39 is 5.91 Å². The molecular formula is C11H10N4O2. The molecule has 0 aromatic carbocycles. The summed E-state index contributed by atoms with van der Waals surface area (Å²) in [7, 11) is 0. The first-order valence-corrected chi connectivity index (χ1v) is 5.21. The lowest BCUT2D eigenvalue weighted by Gasteiger charge is -2.08. The van der Waals surface area contributed by atoms with Gasteiger partial charge in [-0.25, -0.2) is 9.97 Å². The summed E-state index contributed by atoms with van der Waals surface area (Å²) < 4.78 is 7.38. The third-order valence-electron chi connectivity index (χ3n) is 2.65. The quantitative estimate of drug-likeness (QED) is 0.763. The van der Waals surface area contributed by atoms with Gasteiger partial charge in [-0.1, -0.05) is 0 Å². The van der Waals surface area contributed by atoms with E-state index >= 15 is 0 Å². The molecule has 0 saturated heterocycles.